The molecule has 2 aromatic carbocycles. The van der Waals surface area contributed by atoms with Crippen molar-refractivity contribution in [3.8, 4) is 28.8 Å². The van der Waals surface area contributed by atoms with Crippen molar-refractivity contribution in [1.29, 1.82) is 5.26 Å². The lowest BCUT2D eigenvalue weighted by molar-refractivity contribution is -0.129. The number of halogens is 1. The van der Waals surface area contributed by atoms with E-state index in [9.17, 15) is 9.18 Å². The van der Waals surface area contributed by atoms with Crippen molar-refractivity contribution in [1.82, 2.24) is 9.88 Å². The van der Waals surface area contributed by atoms with E-state index in [1.807, 2.05) is 24.3 Å². The number of fused-ring (bicyclic) bond motifs is 1. The van der Waals surface area contributed by atoms with Crippen molar-refractivity contribution >= 4 is 16.7 Å². The fourth-order valence-corrected chi connectivity index (χ4v) is 4.22. The van der Waals surface area contributed by atoms with Crippen LogP contribution in [0.5, 0.6) is 11.6 Å². The molecule has 33 heavy (non-hydrogen) atoms. The van der Waals surface area contributed by atoms with Crippen LogP contribution in [-0.2, 0) is 4.79 Å². The number of aromatic nitrogens is 1. The van der Waals surface area contributed by atoms with Crippen LogP contribution in [-0.4, -0.2) is 42.1 Å². The van der Waals surface area contributed by atoms with Gasteiger partial charge < -0.3 is 14.4 Å². The zero-order valence-corrected chi connectivity index (χ0v) is 19.0. The summed E-state index contributed by atoms with van der Waals surface area (Å²) in [6, 6.07) is 14.1. The lowest BCUT2D eigenvalue weighted by Gasteiger charge is -2.21. The van der Waals surface area contributed by atoms with Crippen LogP contribution in [0.2, 0.25) is 0 Å². The Morgan fingerprint density at radius 1 is 1.24 bits per heavy atom. The third-order valence-electron chi connectivity index (χ3n) is 5.89. The van der Waals surface area contributed by atoms with Gasteiger partial charge in [0.1, 0.15) is 24.1 Å². The Morgan fingerprint density at radius 3 is 2.67 bits per heavy atom. The number of methoxy groups -OCH3 is 1. The van der Waals surface area contributed by atoms with Gasteiger partial charge in [-0.1, -0.05) is 26.0 Å². The summed E-state index contributed by atoms with van der Waals surface area (Å²) in [4.78, 5) is 18.7. The molecule has 1 atom stereocenters. The Labute approximate surface area is 192 Å². The topological polar surface area (TPSA) is 75.5 Å². The van der Waals surface area contributed by atoms with Crippen LogP contribution in [0.25, 0.3) is 21.9 Å². The molecule has 0 saturated carbocycles. The zero-order valence-electron chi connectivity index (χ0n) is 19.0. The fraction of sp³-hybridized carbons (Fsp3) is 0.346. The van der Waals surface area contributed by atoms with E-state index in [1.165, 1.54) is 12.1 Å². The lowest BCUT2D eigenvalue weighted by atomic mass is 9.92. The third-order valence-corrected chi connectivity index (χ3v) is 5.89. The molecule has 1 aliphatic rings. The average molecular weight is 448 g/mol. The monoisotopic (exact) mass is 447 g/mol. The van der Waals surface area contributed by atoms with Crippen LogP contribution in [0.1, 0.15) is 38.3 Å². The van der Waals surface area contributed by atoms with Gasteiger partial charge in [0.05, 0.1) is 25.4 Å². The number of likely N-dealkylation sites (tertiary alicyclic amines) is 1. The van der Waals surface area contributed by atoms with E-state index in [4.69, 9.17) is 19.7 Å². The molecule has 0 radical (unpaired) electrons. The van der Waals surface area contributed by atoms with E-state index < -0.39 is 0 Å². The molecule has 7 heteroatoms. The maximum Gasteiger partial charge on any atom is 0.236 e. The maximum atomic E-state index is 13.6. The highest BCUT2D eigenvalue weighted by Gasteiger charge is 2.29. The van der Waals surface area contributed by atoms with E-state index in [1.54, 1.807) is 24.1 Å². The van der Waals surface area contributed by atoms with Crippen molar-refractivity contribution in [3.05, 3.63) is 54.0 Å². The van der Waals surface area contributed by atoms with Gasteiger partial charge in [-0.05, 0) is 47.2 Å². The predicted octanol–water partition coefficient (Wildman–Crippen LogP) is 5.07. The number of pyridine rings is 1. The number of carbonyl (C=O) groups excluding carboxylic acids is 1. The lowest BCUT2D eigenvalue weighted by Crippen LogP contribution is -2.30. The minimum atomic E-state index is -0.291. The highest BCUT2D eigenvalue weighted by molar-refractivity contribution is 6.01. The second kappa shape index (κ2) is 9.45. The average Bonchev–Trinajstić information content (AvgIpc) is 3.28. The number of amides is 1. The maximum absolute atomic E-state index is 13.6. The Bertz CT molecular complexity index is 1220. The first-order valence-electron chi connectivity index (χ1n) is 11.0. The molecule has 3 aromatic rings. The standard InChI is InChI=1S/C26H26FN3O3/c1-16(2)25-24(17-4-6-18(27)7-5-17)21-9-8-19(32-3)14-22(21)26(29-25)33-20-11-13-30(15-20)23(31)10-12-28/h4-9,14,16,20H,10-11,13,15H2,1-3H3. The number of hydrogen-bond donors (Lipinski definition) is 0. The zero-order chi connectivity index (χ0) is 23.5. The van der Waals surface area contributed by atoms with Crippen LogP contribution in [0.3, 0.4) is 0 Å². The molecule has 170 valence electrons. The SMILES string of the molecule is COc1ccc2c(-c3ccc(F)cc3)c(C(C)C)nc(OC3CCN(C(=O)CC#N)C3)c2c1. The van der Waals surface area contributed by atoms with Crippen LogP contribution in [0.4, 0.5) is 4.39 Å². The Kier molecular flexibility index (Phi) is 6.45. The number of ether oxygens (including phenoxy) is 2. The first-order chi connectivity index (χ1) is 15.9. The second-order valence-electron chi connectivity index (χ2n) is 8.45. The summed E-state index contributed by atoms with van der Waals surface area (Å²) in [5.74, 6) is 0.779. The van der Waals surface area contributed by atoms with Gasteiger partial charge in [0.25, 0.3) is 0 Å². The van der Waals surface area contributed by atoms with Gasteiger partial charge in [-0.25, -0.2) is 9.37 Å². The summed E-state index contributed by atoms with van der Waals surface area (Å²) < 4.78 is 25.4. The molecular formula is C26H26FN3O3. The minimum Gasteiger partial charge on any atom is -0.497 e. The highest BCUT2D eigenvalue weighted by Crippen LogP contribution is 2.40. The molecule has 1 saturated heterocycles. The number of nitrogens with zero attached hydrogens (tertiary/aromatic N) is 3. The number of nitriles is 1. The fourth-order valence-electron chi connectivity index (χ4n) is 4.22. The highest BCUT2D eigenvalue weighted by atomic mass is 19.1. The van der Waals surface area contributed by atoms with E-state index in [-0.39, 0.29) is 30.2 Å². The Morgan fingerprint density at radius 2 is 2.00 bits per heavy atom. The quantitative estimate of drug-likeness (QED) is 0.528. The van der Waals surface area contributed by atoms with Crippen molar-refractivity contribution in [2.75, 3.05) is 20.2 Å². The first kappa shape index (κ1) is 22.5. The summed E-state index contributed by atoms with van der Waals surface area (Å²) >= 11 is 0. The Balaban J connectivity index is 1.80. The van der Waals surface area contributed by atoms with Crippen LogP contribution in [0.15, 0.2) is 42.5 Å². The van der Waals surface area contributed by atoms with Crippen LogP contribution in [0, 0.1) is 17.1 Å². The molecule has 0 spiro atoms. The van der Waals surface area contributed by atoms with Crippen molar-refractivity contribution in [2.45, 2.75) is 38.7 Å². The minimum absolute atomic E-state index is 0.0937. The van der Waals surface area contributed by atoms with Gasteiger partial charge in [0.15, 0.2) is 0 Å². The van der Waals surface area contributed by atoms with Gasteiger partial charge in [0.2, 0.25) is 11.8 Å². The number of rotatable bonds is 6. The van der Waals surface area contributed by atoms with Gasteiger partial charge in [0, 0.05) is 23.9 Å². The summed E-state index contributed by atoms with van der Waals surface area (Å²) in [6.07, 6.45) is 0.321. The molecule has 0 bridgehead atoms. The number of hydrogen-bond acceptors (Lipinski definition) is 5. The molecule has 1 fully saturated rings. The van der Waals surface area contributed by atoms with E-state index in [2.05, 4.69) is 13.8 Å². The largest absolute Gasteiger partial charge is 0.497 e. The first-order valence-corrected chi connectivity index (χ1v) is 11.0. The molecule has 0 aliphatic carbocycles. The van der Waals surface area contributed by atoms with E-state index >= 15 is 0 Å². The van der Waals surface area contributed by atoms with E-state index in [0.29, 0.717) is 31.1 Å². The number of carbonyl (C=O) groups is 1. The van der Waals surface area contributed by atoms with Gasteiger partial charge in [-0.15, -0.1) is 0 Å². The van der Waals surface area contributed by atoms with Gasteiger partial charge in [-0.3, -0.25) is 4.79 Å². The van der Waals surface area contributed by atoms with Crippen molar-refractivity contribution in [2.24, 2.45) is 0 Å². The van der Waals surface area contributed by atoms with Crippen molar-refractivity contribution < 1.29 is 18.7 Å². The Hall–Kier alpha value is -3.66. The van der Waals surface area contributed by atoms with E-state index in [0.717, 1.165) is 27.6 Å². The van der Waals surface area contributed by atoms with Crippen molar-refractivity contribution in [3.63, 3.8) is 0 Å². The smallest absolute Gasteiger partial charge is 0.236 e. The van der Waals surface area contributed by atoms with Gasteiger partial charge in [-0.2, -0.15) is 5.26 Å². The third kappa shape index (κ3) is 4.61. The molecule has 1 aliphatic heterocycles. The molecule has 1 unspecified atom stereocenters. The molecular weight excluding hydrogens is 421 g/mol. The van der Waals surface area contributed by atoms with Gasteiger partial charge >= 0.3 is 0 Å². The molecule has 2 heterocycles. The van der Waals surface area contributed by atoms with Crippen LogP contribution < -0.4 is 9.47 Å². The summed E-state index contributed by atoms with van der Waals surface area (Å²) in [5, 5.41) is 10.5. The molecule has 0 N–H and O–H groups in total. The number of benzene rings is 2. The molecule has 1 aromatic heterocycles. The normalized spacial score (nSPS) is 15.6. The second-order valence-corrected chi connectivity index (χ2v) is 8.45. The molecule has 6 nitrogen and oxygen atoms in total. The summed E-state index contributed by atoms with van der Waals surface area (Å²) in [6.45, 7) is 5.10. The molecule has 1 amide bonds. The molecule has 4 rings (SSSR count). The predicted molar refractivity (Wildman–Crippen MR) is 124 cm³/mol. The summed E-state index contributed by atoms with van der Waals surface area (Å²) in [7, 11) is 1.61. The summed E-state index contributed by atoms with van der Waals surface area (Å²) in [5.41, 5.74) is 2.67. The van der Waals surface area contributed by atoms with Crippen LogP contribution >= 0.6 is 0 Å².